The number of nitrogens with one attached hydrogen (secondary N) is 1. The van der Waals surface area contributed by atoms with Crippen LogP contribution >= 0.6 is 0 Å². The van der Waals surface area contributed by atoms with E-state index in [2.05, 4.69) is 5.32 Å². The van der Waals surface area contributed by atoms with E-state index in [-0.39, 0.29) is 35.0 Å². The van der Waals surface area contributed by atoms with Crippen LogP contribution in [0.2, 0.25) is 0 Å². The first-order valence-electron chi connectivity index (χ1n) is 14.6. The second-order valence-corrected chi connectivity index (χ2v) is 13.2. The highest BCUT2D eigenvalue weighted by atomic mass is 32.2. The number of aliphatic hydroxyl groups excluding tert-OH is 1. The van der Waals surface area contributed by atoms with E-state index in [1.54, 1.807) is 30.3 Å². The molecule has 0 unspecified atom stereocenters. The van der Waals surface area contributed by atoms with Crippen molar-refractivity contribution in [2.45, 2.75) is 19.3 Å². The highest BCUT2D eigenvalue weighted by Gasteiger charge is 2.27. The first-order chi connectivity index (χ1) is 22.0. The number of carbonyl (C=O) groups is 1. The third kappa shape index (κ3) is 5.67. The second-order valence-electron chi connectivity index (χ2n) is 11.2. The number of furan rings is 1. The molecule has 11 heteroatoms. The van der Waals surface area contributed by atoms with E-state index in [0.717, 1.165) is 27.3 Å². The third-order valence-corrected chi connectivity index (χ3v) is 9.40. The maximum absolute atomic E-state index is 14.7. The molecule has 2 N–H and O–H groups in total. The number of halogens is 2. The Morgan fingerprint density at radius 2 is 1.85 bits per heavy atom. The number of aromatic nitrogens is 1. The molecule has 46 heavy (non-hydrogen) atoms. The molecule has 1 aliphatic carbocycles. The minimum absolute atomic E-state index is 0.0196. The lowest BCUT2D eigenvalue weighted by molar-refractivity contribution is 0.0964. The number of fused-ring (bicyclic) bond motifs is 2. The van der Waals surface area contributed by atoms with Gasteiger partial charge in [0.1, 0.15) is 23.0 Å². The van der Waals surface area contributed by atoms with E-state index < -0.39 is 21.7 Å². The van der Waals surface area contributed by atoms with Crippen molar-refractivity contribution in [1.29, 1.82) is 0 Å². The van der Waals surface area contributed by atoms with Gasteiger partial charge in [0.25, 0.3) is 5.91 Å². The largest absolute Gasteiger partial charge is 0.455 e. The average molecular weight is 644 g/mol. The fourth-order valence-electron chi connectivity index (χ4n) is 5.80. The molecule has 5 aromatic rings. The molecule has 0 saturated carbocycles. The quantitative estimate of drug-likeness (QED) is 0.197. The molecule has 3 aromatic carbocycles. The number of carbonyl (C=O) groups excluding carboxylic acids is 1. The molecule has 0 atom stereocenters. The van der Waals surface area contributed by atoms with E-state index in [0.29, 0.717) is 52.7 Å². The molecule has 6 rings (SSSR count). The van der Waals surface area contributed by atoms with Gasteiger partial charge in [-0.1, -0.05) is 18.2 Å². The van der Waals surface area contributed by atoms with Gasteiger partial charge in [-0.25, -0.2) is 22.2 Å². The standard InChI is InChI=1S/C35H31F2N3O5S/c1-38-35(42)32-27-18-26(30(40(2)46(3,43)44)19-31(27)45-34(32)21-9-12-24(36)13-10-21)29-14-11-20(7-5-15-41)33(39-29)23-16-22-6-4-8-28(37)25(22)17-23/h4,6,8-14,17-19,41H,5,7,15-16H2,1-3H3,(H,38,42). The minimum Gasteiger partial charge on any atom is -0.455 e. The number of amides is 1. The number of aryl methyl sites for hydroxylation is 1. The summed E-state index contributed by atoms with van der Waals surface area (Å²) in [6.45, 7) is -0.0196. The van der Waals surface area contributed by atoms with Crippen LogP contribution in [-0.2, 0) is 22.9 Å². The molecule has 1 aliphatic rings. The first-order valence-corrected chi connectivity index (χ1v) is 16.5. The summed E-state index contributed by atoms with van der Waals surface area (Å²) >= 11 is 0. The van der Waals surface area contributed by atoms with Crippen LogP contribution in [0.4, 0.5) is 14.5 Å². The molecule has 0 saturated heterocycles. The van der Waals surface area contributed by atoms with Gasteiger partial charge in [0.15, 0.2) is 0 Å². The number of hydrogen-bond donors (Lipinski definition) is 2. The van der Waals surface area contributed by atoms with Crippen LogP contribution in [0.25, 0.3) is 45.2 Å². The molecule has 0 bridgehead atoms. The Morgan fingerprint density at radius 3 is 2.52 bits per heavy atom. The number of rotatable bonds is 9. The number of hydrogen-bond acceptors (Lipinski definition) is 6. The van der Waals surface area contributed by atoms with Crippen LogP contribution in [0, 0.1) is 11.6 Å². The van der Waals surface area contributed by atoms with Gasteiger partial charge in [-0.05, 0) is 78.1 Å². The average Bonchev–Trinajstić information content (AvgIpc) is 3.65. The van der Waals surface area contributed by atoms with Gasteiger partial charge in [0.2, 0.25) is 10.0 Å². The zero-order valence-corrected chi connectivity index (χ0v) is 26.2. The molecule has 8 nitrogen and oxygen atoms in total. The van der Waals surface area contributed by atoms with Crippen molar-refractivity contribution in [2.24, 2.45) is 0 Å². The lowest BCUT2D eigenvalue weighted by Crippen LogP contribution is -2.25. The van der Waals surface area contributed by atoms with Crippen LogP contribution in [0.15, 0.2) is 71.1 Å². The zero-order valence-electron chi connectivity index (χ0n) is 25.4. The number of allylic oxidation sites excluding steroid dienone is 1. The van der Waals surface area contributed by atoms with Gasteiger partial charge >= 0.3 is 0 Å². The van der Waals surface area contributed by atoms with Gasteiger partial charge in [-0.15, -0.1) is 0 Å². The number of aliphatic hydroxyl groups is 1. The summed E-state index contributed by atoms with van der Waals surface area (Å²) in [4.78, 5) is 18.3. The van der Waals surface area contributed by atoms with E-state index in [9.17, 15) is 27.1 Å². The normalized spacial score (nSPS) is 12.7. The fourth-order valence-corrected chi connectivity index (χ4v) is 6.31. The Labute approximate surface area is 265 Å². The highest BCUT2D eigenvalue weighted by Crippen LogP contribution is 2.42. The molecule has 236 valence electrons. The van der Waals surface area contributed by atoms with E-state index >= 15 is 0 Å². The smallest absolute Gasteiger partial charge is 0.255 e. The molecule has 0 aliphatic heterocycles. The van der Waals surface area contributed by atoms with Crippen molar-refractivity contribution in [1.82, 2.24) is 10.3 Å². The summed E-state index contributed by atoms with van der Waals surface area (Å²) in [5.41, 5.74) is 5.58. The van der Waals surface area contributed by atoms with Crippen molar-refractivity contribution in [3.05, 3.63) is 106 Å². The monoisotopic (exact) mass is 643 g/mol. The van der Waals surface area contributed by atoms with Crippen LogP contribution in [0.3, 0.4) is 0 Å². The summed E-state index contributed by atoms with van der Waals surface area (Å²) in [6.07, 6.45) is 4.32. The maximum atomic E-state index is 14.7. The molecule has 0 spiro atoms. The molecule has 0 fully saturated rings. The molecular formula is C35H31F2N3O5S. The van der Waals surface area contributed by atoms with Crippen LogP contribution < -0.4 is 9.62 Å². The van der Waals surface area contributed by atoms with Crippen LogP contribution in [0.5, 0.6) is 0 Å². The topological polar surface area (TPSA) is 113 Å². The number of benzene rings is 3. The van der Waals surface area contributed by atoms with Crippen LogP contribution in [-0.4, -0.2) is 51.4 Å². The Bertz CT molecular complexity index is 2140. The molecular weight excluding hydrogens is 612 g/mol. The van der Waals surface area contributed by atoms with E-state index in [1.165, 1.54) is 44.4 Å². The lowest BCUT2D eigenvalue weighted by atomic mass is 9.97. The van der Waals surface area contributed by atoms with Gasteiger partial charge in [0.05, 0.1) is 28.9 Å². The van der Waals surface area contributed by atoms with Crippen molar-refractivity contribution in [3.63, 3.8) is 0 Å². The fraction of sp³-hybridized carbons (Fsp3) is 0.200. The zero-order chi connectivity index (χ0) is 32.7. The predicted octanol–water partition coefficient (Wildman–Crippen LogP) is 6.22. The van der Waals surface area contributed by atoms with Crippen molar-refractivity contribution in [2.75, 3.05) is 31.3 Å². The molecule has 1 amide bonds. The first kappa shape index (κ1) is 31.1. The second kappa shape index (κ2) is 12.1. The number of nitrogens with zero attached hydrogens (tertiary/aromatic N) is 2. The Hall–Kier alpha value is -4.87. The molecule has 2 heterocycles. The van der Waals surface area contributed by atoms with Gasteiger partial charge in [-0.2, -0.15) is 0 Å². The minimum atomic E-state index is -3.76. The summed E-state index contributed by atoms with van der Waals surface area (Å²) in [5.74, 6) is -1.03. The third-order valence-electron chi connectivity index (χ3n) is 8.21. The van der Waals surface area contributed by atoms with Crippen molar-refractivity contribution < 1.29 is 31.5 Å². The van der Waals surface area contributed by atoms with E-state index in [4.69, 9.17) is 9.40 Å². The summed E-state index contributed by atoms with van der Waals surface area (Å²) < 4.78 is 61.4. The lowest BCUT2D eigenvalue weighted by Gasteiger charge is -2.21. The number of pyridine rings is 1. The highest BCUT2D eigenvalue weighted by molar-refractivity contribution is 7.92. The molecule has 2 aromatic heterocycles. The summed E-state index contributed by atoms with van der Waals surface area (Å²) in [7, 11) is -0.862. The Balaban J connectivity index is 1.60. The SMILES string of the molecule is CNC(=O)c1c(-c2ccc(F)cc2)oc2cc(N(C)S(C)(=O)=O)c(-c3ccc(CCCO)c(C4=Cc5c(F)cccc5C4)n3)cc12. The summed E-state index contributed by atoms with van der Waals surface area (Å²) in [6, 6.07) is 17.3. The van der Waals surface area contributed by atoms with Gasteiger partial charge in [-0.3, -0.25) is 9.10 Å². The van der Waals surface area contributed by atoms with Crippen molar-refractivity contribution in [3.8, 4) is 22.6 Å². The van der Waals surface area contributed by atoms with Crippen molar-refractivity contribution >= 4 is 44.2 Å². The summed E-state index contributed by atoms with van der Waals surface area (Å²) in [5, 5.41) is 12.6. The predicted molar refractivity (Wildman–Crippen MR) is 175 cm³/mol. The Kier molecular flexibility index (Phi) is 8.22. The maximum Gasteiger partial charge on any atom is 0.255 e. The number of sulfonamides is 1. The molecule has 0 radical (unpaired) electrons. The van der Waals surface area contributed by atoms with Crippen LogP contribution in [0.1, 0.15) is 39.2 Å². The number of anilines is 1. The Morgan fingerprint density at radius 1 is 1.09 bits per heavy atom. The van der Waals surface area contributed by atoms with E-state index in [1.807, 2.05) is 12.1 Å². The van der Waals surface area contributed by atoms with Gasteiger partial charge < -0.3 is 14.8 Å². The van der Waals surface area contributed by atoms with Gasteiger partial charge in [0, 0.05) is 55.3 Å².